The summed E-state index contributed by atoms with van der Waals surface area (Å²) < 4.78 is 10.7. The monoisotopic (exact) mass is 171 g/mol. The van der Waals surface area contributed by atoms with Crippen LogP contribution >= 0.6 is 0 Å². The van der Waals surface area contributed by atoms with Crippen LogP contribution in [-0.4, -0.2) is 57.1 Å². The zero-order chi connectivity index (χ0) is 8.23. The smallest absolute Gasteiger partial charge is 0.170 e. The zero-order valence-corrected chi connectivity index (χ0v) is 7.24. The van der Waals surface area contributed by atoms with Crippen molar-refractivity contribution in [3.8, 4) is 0 Å². The van der Waals surface area contributed by atoms with Crippen LogP contribution in [0.3, 0.4) is 0 Å². The van der Waals surface area contributed by atoms with Gasteiger partial charge in [-0.2, -0.15) is 0 Å². The number of hydrogen-bond donors (Lipinski definition) is 0. The Kier molecular flexibility index (Phi) is 2.94. The van der Waals surface area contributed by atoms with Crippen LogP contribution in [0.2, 0.25) is 0 Å². The Bertz CT molecular complexity index is 131. The minimum Gasteiger partial charge on any atom is -0.349 e. The lowest BCUT2D eigenvalue weighted by Gasteiger charge is -2.27. The second-order valence-electron chi connectivity index (χ2n) is 3.14. The topological polar surface area (TPSA) is 35.8 Å². The van der Waals surface area contributed by atoms with Crippen molar-refractivity contribution in [1.82, 2.24) is 10.2 Å². The van der Waals surface area contributed by atoms with E-state index in [0.29, 0.717) is 0 Å². The molecule has 0 bridgehead atoms. The van der Waals surface area contributed by atoms with Crippen molar-refractivity contribution in [3.05, 3.63) is 0 Å². The van der Waals surface area contributed by atoms with Gasteiger partial charge in [-0.3, -0.25) is 4.90 Å². The Labute approximate surface area is 72.8 Å². The molecule has 0 atom stereocenters. The Morgan fingerprint density at radius 1 is 1.17 bits per heavy atom. The molecule has 0 aromatic carbocycles. The van der Waals surface area contributed by atoms with E-state index in [-0.39, 0.29) is 6.29 Å². The van der Waals surface area contributed by atoms with Crippen molar-refractivity contribution in [2.75, 3.05) is 45.9 Å². The first-order valence-electron chi connectivity index (χ1n) is 4.54. The minimum atomic E-state index is 0.0168. The van der Waals surface area contributed by atoms with E-state index in [4.69, 9.17) is 9.47 Å². The lowest BCUT2D eigenvalue weighted by molar-refractivity contribution is -0.0633. The summed E-state index contributed by atoms with van der Waals surface area (Å²) in [6.45, 7) is 6.47. The fourth-order valence-electron chi connectivity index (χ4n) is 1.55. The molecule has 69 valence electrons. The predicted octanol–water partition coefficient (Wildman–Crippen LogP) is -0.721. The largest absolute Gasteiger partial charge is 0.349 e. The average Bonchev–Trinajstić information content (AvgIpc) is 2.59. The molecule has 0 amide bonds. The van der Waals surface area contributed by atoms with Crippen molar-refractivity contribution in [1.29, 1.82) is 0 Å². The number of ether oxygens (including phenoxy) is 2. The average molecular weight is 171 g/mol. The zero-order valence-electron chi connectivity index (χ0n) is 7.24. The van der Waals surface area contributed by atoms with E-state index in [9.17, 15) is 0 Å². The molecule has 0 aromatic rings. The number of nitrogens with zero attached hydrogens (tertiary/aromatic N) is 2. The molecule has 0 N–H and O–H groups in total. The number of hydrogen-bond acceptors (Lipinski definition) is 3. The van der Waals surface area contributed by atoms with Gasteiger partial charge in [0, 0.05) is 32.7 Å². The molecule has 12 heavy (non-hydrogen) atoms. The molecule has 2 heterocycles. The first kappa shape index (κ1) is 8.44. The summed E-state index contributed by atoms with van der Waals surface area (Å²) in [7, 11) is 0. The van der Waals surface area contributed by atoms with E-state index in [1.54, 1.807) is 0 Å². The maximum atomic E-state index is 5.36. The van der Waals surface area contributed by atoms with Crippen LogP contribution in [0, 0.1) is 0 Å². The molecular weight excluding hydrogens is 156 g/mol. The van der Waals surface area contributed by atoms with Gasteiger partial charge >= 0.3 is 0 Å². The summed E-state index contributed by atoms with van der Waals surface area (Å²) in [5, 5.41) is 4.28. The predicted molar refractivity (Wildman–Crippen MR) is 44.0 cm³/mol. The van der Waals surface area contributed by atoms with Gasteiger partial charge < -0.3 is 9.47 Å². The minimum absolute atomic E-state index is 0.0168. The molecule has 2 saturated heterocycles. The molecule has 0 spiro atoms. The summed E-state index contributed by atoms with van der Waals surface area (Å²) in [4.78, 5) is 2.35. The van der Waals surface area contributed by atoms with Crippen LogP contribution in [0.25, 0.3) is 0 Å². The van der Waals surface area contributed by atoms with E-state index in [0.717, 1.165) is 45.9 Å². The first-order chi connectivity index (χ1) is 5.95. The van der Waals surface area contributed by atoms with Crippen molar-refractivity contribution in [2.24, 2.45) is 0 Å². The molecule has 2 rings (SSSR count). The van der Waals surface area contributed by atoms with Crippen LogP contribution in [0.1, 0.15) is 0 Å². The highest BCUT2D eigenvalue weighted by Crippen LogP contribution is 2.06. The molecule has 1 radical (unpaired) electrons. The Hall–Kier alpha value is -0.160. The van der Waals surface area contributed by atoms with Gasteiger partial charge in [0.05, 0.1) is 13.2 Å². The van der Waals surface area contributed by atoms with Gasteiger partial charge in [-0.05, 0) is 0 Å². The second kappa shape index (κ2) is 4.18. The second-order valence-corrected chi connectivity index (χ2v) is 3.14. The molecule has 4 nitrogen and oxygen atoms in total. The van der Waals surface area contributed by atoms with Gasteiger partial charge in [-0.1, -0.05) is 0 Å². The van der Waals surface area contributed by atoms with Crippen LogP contribution in [-0.2, 0) is 9.47 Å². The molecule has 2 aliphatic rings. The molecule has 0 saturated carbocycles. The van der Waals surface area contributed by atoms with Gasteiger partial charge in [-0.25, -0.2) is 5.32 Å². The SMILES string of the molecule is C1CN(CC2OCCO2)CC[N]1. The third-order valence-corrected chi connectivity index (χ3v) is 2.25. The van der Waals surface area contributed by atoms with Crippen LogP contribution in [0.15, 0.2) is 0 Å². The van der Waals surface area contributed by atoms with Gasteiger partial charge in [0.25, 0.3) is 0 Å². The van der Waals surface area contributed by atoms with E-state index in [1.165, 1.54) is 0 Å². The van der Waals surface area contributed by atoms with E-state index < -0.39 is 0 Å². The molecule has 0 aromatic heterocycles. The summed E-state index contributed by atoms with van der Waals surface area (Å²) >= 11 is 0. The third-order valence-electron chi connectivity index (χ3n) is 2.25. The normalized spacial score (nSPS) is 28.0. The lowest BCUT2D eigenvalue weighted by atomic mass is 10.3. The maximum absolute atomic E-state index is 5.36. The summed E-state index contributed by atoms with van der Waals surface area (Å²) in [6.07, 6.45) is 0.0168. The van der Waals surface area contributed by atoms with Gasteiger partial charge in [-0.15, -0.1) is 0 Å². The number of piperazine rings is 1. The fourth-order valence-corrected chi connectivity index (χ4v) is 1.55. The molecule has 0 aliphatic carbocycles. The quantitative estimate of drug-likeness (QED) is 0.550. The summed E-state index contributed by atoms with van der Waals surface area (Å²) in [5.74, 6) is 0. The highest BCUT2D eigenvalue weighted by atomic mass is 16.7. The molecular formula is C8H15N2O2. The van der Waals surface area contributed by atoms with Gasteiger partial charge in [0.2, 0.25) is 0 Å². The molecule has 2 fully saturated rings. The summed E-state index contributed by atoms with van der Waals surface area (Å²) in [5.41, 5.74) is 0. The Morgan fingerprint density at radius 3 is 2.50 bits per heavy atom. The molecule has 0 unspecified atom stereocenters. The van der Waals surface area contributed by atoms with E-state index in [1.807, 2.05) is 0 Å². The third kappa shape index (κ3) is 2.17. The van der Waals surface area contributed by atoms with E-state index in [2.05, 4.69) is 10.2 Å². The van der Waals surface area contributed by atoms with Crippen molar-refractivity contribution < 1.29 is 9.47 Å². The lowest BCUT2D eigenvalue weighted by Crippen LogP contribution is -2.43. The first-order valence-corrected chi connectivity index (χ1v) is 4.54. The van der Waals surface area contributed by atoms with Crippen LogP contribution in [0.5, 0.6) is 0 Å². The van der Waals surface area contributed by atoms with Gasteiger partial charge in [0.15, 0.2) is 6.29 Å². The van der Waals surface area contributed by atoms with Crippen LogP contribution < -0.4 is 5.32 Å². The van der Waals surface area contributed by atoms with Crippen molar-refractivity contribution >= 4 is 0 Å². The Morgan fingerprint density at radius 2 is 1.83 bits per heavy atom. The Balaban J connectivity index is 1.69. The van der Waals surface area contributed by atoms with E-state index >= 15 is 0 Å². The highest BCUT2D eigenvalue weighted by molar-refractivity contribution is 4.69. The molecule has 2 aliphatic heterocycles. The summed E-state index contributed by atoms with van der Waals surface area (Å²) in [6, 6.07) is 0. The number of rotatable bonds is 2. The van der Waals surface area contributed by atoms with Crippen LogP contribution in [0.4, 0.5) is 0 Å². The standard InChI is InChI=1S/C8H15N2O2/c1-3-10(4-2-9-1)7-8-11-5-6-12-8/h8H,1-7H2. The maximum Gasteiger partial charge on any atom is 0.170 e. The highest BCUT2D eigenvalue weighted by Gasteiger charge is 2.20. The van der Waals surface area contributed by atoms with Crippen molar-refractivity contribution in [3.63, 3.8) is 0 Å². The van der Waals surface area contributed by atoms with Crippen molar-refractivity contribution in [2.45, 2.75) is 6.29 Å². The van der Waals surface area contributed by atoms with Gasteiger partial charge in [0.1, 0.15) is 0 Å². The molecule has 4 heteroatoms. The fraction of sp³-hybridized carbons (Fsp3) is 1.00.